The van der Waals surface area contributed by atoms with Crippen LogP contribution in [0, 0.1) is 0 Å². The molecule has 0 radical (unpaired) electrons. The molecular formula is C24H32N4O2. The van der Waals surface area contributed by atoms with E-state index in [4.69, 9.17) is 5.73 Å². The van der Waals surface area contributed by atoms with Crippen LogP contribution in [-0.2, 0) is 16.0 Å². The summed E-state index contributed by atoms with van der Waals surface area (Å²) >= 11 is 0. The minimum Gasteiger partial charge on any atom is -0.383 e. The van der Waals surface area contributed by atoms with Gasteiger partial charge in [0.25, 0.3) is 0 Å². The Hall–Kier alpha value is -2.47. The van der Waals surface area contributed by atoms with Gasteiger partial charge in [0.1, 0.15) is 5.82 Å². The number of benzene rings is 1. The number of carbonyl (C=O) groups is 2. The topological polar surface area (TPSA) is 79.5 Å². The van der Waals surface area contributed by atoms with Crippen molar-refractivity contribution >= 4 is 28.3 Å². The molecule has 2 N–H and O–H groups in total. The third kappa shape index (κ3) is 4.19. The molecule has 160 valence electrons. The fourth-order valence-corrected chi connectivity index (χ4v) is 4.89. The first-order chi connectivity index (χ1) is 14.4. The summed E-state index contributed by atoms with van der Waals surface area (Å²) in [6.07, 6.45) is 7.15. The molecule has 0 bridgehead atoms. The van der Waals surface area contributed by atoms with Crippen molar-refractivity contribution in [2.45, 2.75) is 70.5 Å². The van der Waals surface area contributed by atoms with E-state index < -0.39 is 0 Å². The third-order valence-corrected chi connectivity index (χ3v) is 6.93. The number of anilines is 1. The zero-order chi connectivity index (χ0) is 21.3. The predicted molar refractivity (Wildman–Crippen MR) is 119 cm³/mol. The number of aromatic nitrogens is 1. The average molecular weight is 409 g/mol. The molecule has 1 amide bonds. The van der Waals surface area contributed by atoms with Gasteiger partial charge in [-0.3, -0.25) is 14.5 Å². The van der Waals surface area contributed by atoms with Gasteiger partial charge < -0.3 is 10.6 Å². The highest BCUT2D eigenvalue weighted by Crippen LogP contribution is 2.26. The van der Waals surface area contributed by atoms with E-state index >= 15 is 0 Å². The molecule has 2 fully saturated rings. The zero-order valence-electron chi connectivity index (χ0n) is 18.0. The van der Waals surface area contributed by atoms with Crippen molar-refractivity contribution in [3.63, 3.8) is 0 Å². The van der Waals surface area contributed by atoms with Crippen molar-refractivity contribution < 1.29 is 9.59 Å². The first kappa shape index (κ1) is 20.8. The van der Waals surface area contributed by atoms with Gasteiger partial charge in [0.05, 0.1) is 12.6 Å². The minimum atomic E-state index is -0.242. The van der Waals surface area contributed by atoms with Gasteiger partial charge in [0, 0.05) is 36.6 Å². The Morgan fingerprint density at radius 2 is 1.90 bits per heavy atom. The molecule has 6 nitrogen and oxygen atoms in total. The van der Waals surface area contributed by atoms with Crippen molar-refractivity contribution in [2.75, 3.05) is 18.8 Å². The molecule has 1 aromatic carbocycles. The molecule has 2 saturated heterocycles. The van der Waals surface area contributed by atoms with Gasteiger partial charge in [-0.05, 0) is 56.5 Å². The molecule has 2 aromatic rings. The van der Waals surface area contributed by atoms with Gasteiger partial charge in [-0.2, -0.15) is 0 Å². The molecule has 0 saturated carbocycles. The van der Waals surface area contributed by atoms with Crippen molar-refractivity contribution in [1.82, 2.24) is 14.8 Å². The van der Waals surface area contributed by atoms with Crippen molar-refractivity contribution in [3.8, 4) is 0 Å². The number of nitrogens with two attached hydrogens (primary N) is 1. The number of aryl methyl sites for hydroxylation is 1. The molecular weight excluding hydrogens is 376 g/mol. The lowest BCUT2D eigenvalue weighted by Crippen LogP contribution is -2.59. The van der Waals surface area contributed by atoms with E-state index in [1.807, 2.05) is 18.2 Å². The summed E-state index contributed by atoms with van der Waals surface area (Å²) in [6.45, 7) is 5.55. The SMILES string of the molecule is C[C@@H]1CCC[C@H](C)N1CC(=O)N1CC[C@H]1C(=O)CCc1ccc2c(N)nccc2c1. The number of Topliss-reactive ketones (excluding diaryl/α,β-unsaturated/α-hetero) is 1. The minimum absolute atomic E-state index is 0.105. The Morgan fingerprint density at radius 1 is 1.13 bits per heavy atom. The number of pyridine rings is 1. The summed E-state index contributed by atoms with van der Waals surface area (Å²) in [4.78, 5) is 33.9. The van der Waals surface area contributed by atoms with E-state index in [2.05, 4.69) is 29.8 Å². The van der Waals surface area contributed by atoms with Crippen molar-refractivity contribution in [3.05, 3.63) is 36.0 Å². The summed E-state index contributed by atoms with van der Waals surface area (Å²) in [5.74, 6) is 0.800. The van der Waals surface area contributed by atoms with Crippen LogP contribution in [0.4, 0.5) is 5.82 Å². The van der Waals surface area contributed by atoms with Gasteiger partial charge >= 0.3 is 0 Å². The molecule has 0 spiro atoms. The molecule has 1 aromatic heterocycles. The fraction of sp³-hybridized carbons (Fsp3) is 0.542. The number of carbonyl (C=O) groups excluding carboxylic acids is 2. The van der Waals surface area contributed by atoms with Crippen LogP contribution in [0.3, 0.4) is 0 Å². The molecule has 0 aliphatic carbocycles. The first-order valence-corrected chi connectivity index (χ1v) is 11.1. The van der Waals surface area contributed by atoms with Crippen LogP contribution in [0.25, 0.3) is 10.8 Å². The average Bonchev–Trinajstić information content (AvgIpc) is 2.68. The third-order valence-electron chi connectivity index (χ3n) is 6.93. The molecule has 2 aliphatic rings. The van der Waals surface area contributed by atoms with Gasteiger partial charge in [0.15, 0.2) is 5.78 Å². The second-order valence-electron chi connectivity index (χ2n) is 8.91. The number of rotatable bonds is 6. The Balaban J connectivity index is 1.33. The van der Waals surface area contributed by atoms with Gasteiger partial charge in [-0.25, -0.2) is 4.98 Å². The number of nitrogens with zero attached hydrogens (tertiary/aromatic N) is 3. The van der Waals surface area contributed by atoms with E-state index in [0.29, 0.717) is 43.8 Å². The normalized spacial score (nSPS) is 24.6. The number of fused-ring (bicyclic) bond motifs is 1. The second-order valence-corrected chi connectivity index (χ2v) is 8.91. The lowest BCUT2D eigenvalue weighted by molar-refractivity contribution is -0.148. The smallest absolute Gasteiger partial charge is 0.237 e. The standard InChI is InChI=1S/C24H32N4O2/c1-16-4-3-5-17(2)28(16)15-23(30)27-13-11-21(27)22(29)9-7-18-6-8-20-19(14-18)10-12-26-24(20)25/h6,8,10,12,14,16-17,21H,3-5,7,9,11,13,15H2,1-2H3,(H2,25,26)/t16-,17+,21-/m0/s1. The van der Waals surface area contributed by atoms with Crippen LogP contribution < -0.4 is 5.73 Å². The molecule has 0 unspecified atom stereocenters. The summed E-state index contributed by atoms with van der Waals surface area (Å²) in [7, 11) is 0. The number of hydrogen-bond acceptors (Lipinski definition) is 5. The maximum atomic E-state index is 12.9. The Morgan fingerprint density at radius 3 is 2.60 bits per heavy atom. The van der Waals surface area contributed by atoms with Crippen LogP contribution in [0.5, 0.6) is 0 Å². The number of nitrogen functional groups attached to an aromatic ring is 1. The maximum absolute atomic E-state index is 12.9. The van der Waals surface area contributed by atoms with Crippen LogP contribution in [0.2, 0.25) is 0 Å². The summed E-state index contributed by atoms with van der Waals surface area (Å²) < 4.78 is 0. The Bertz CT molecular complexity index is 934. The zero-order valence-corrected chi connectivity index (χ0v) is 18.0. The summed E-state index contributed by atoms with van der Waals surface area (Å²) in [5.41, 5.74) is 7.02. The van der Waals surface area contributed by atoms with E-state index in [1.54, 1.807) is 11.1 Å². The quantitative estimate of drug-likeness (QED) is 0.794. The van der Waals surface area contributed by atoms with Crippen molar-refractivity contribution in [2.24, 2.45) is 0 Å². The van der Waals surface area contributed by atoms with E-state index in [1.165, 1.54) is 6.42 Å². The Kier molecular flexibility index (Phi) is 6.04. The first-order valence-electron chi connectivity index (χ1n) is 11.1. The molecule has 2 aliphatic heterocycles. The largest absolute Gasteiger partial charge is 0.383 e. The van der Waals surface area contributed by atoms with Gasteiger partial charge in [-0.1, -0.05) is 24.6 Å². The van der Waals surface area contributed by atoms with E-state index in [-0.39, 0.29) is 17.7 Å². The maximum Gasteiger partial charge on any atom is 0.237 e. The van der Waals surface area contributed by atoms with E-state index in [0.717, 1.165) is 35.6 Å². The molecule has 3 atom stereocenters. The predicted octanol–water partition coefficient (Wildman–Crippen LogP) is 3.18. The van der Waals surface area contributed by atoms with Crippen LogP contribution >= 0.6 is 0 Å². The highest BCUT2D eigenvalue weighted by Gasteiger charge is 2.38. The number of hydrogen-bond donors (Lipinski definition) is 1. The monoisotopic (exact) mass is 408 g/mol. The summed E-state index contributed by atoms with van der Waals surface area (Å²) in [5, 5.41) is 1.97. The molecule has 3 heterocycles. The van der Waals surface area contributed by atoms with Gasteiger partial charge in [-0.15, -0.1) is 0 Å². The number of piperidine rings is 1. The number of likely N-dealkylation sites (tertiary alicyclic amines) is 2. The van der Waals surface area contributed by atoms with Crippen LogP contribution in [-0.4, -0.2) is 57.7 Å². The molecule has 4 rings (SSSR count). The molecule has 6 heteroatoms. The second kappa shape index (κ2) is 8.72. The number of amides is 1. The highest BCUT2D eigenvalue weighted by molar-refractivity contribution is 5.92. The van der Waals surface area contributed by atoms with Crippen LogP contribution in [0.15, 0.2) is 30.5 Å². The fourth-order valence-electron chi connectivity index (χ4n) is 4.89. The lowest BCUT2D eigenvalue weighted by Gasteiger charge is -2.44. The highest BCUT2D eigenvalue weighted by atomic mass is 16.2. The molecule has 30 heavy (non-hydrogen) atoms. The van der Waals surface area contributed by atoms with Crippen LogP contribution in [0.1, 0.15) is 51.5 Å². The lowest BCUT2D eigenvalue weighted by atomic mass is 9.93. The van der Waals surface area contributed by atoms with Crippen molar-refractivity contribution in [1.29, 1.82) is 0 Å². The summed E-state index contributed by atoms with van der Waals surface area (Å²) in [6, 6.07) is 8.62. The Labute approximate surface area is 178 Å². The van der Waals surface area contributed by atoms with Gasteiger partial charge in [0.2, 0.25) is 5.91 Å². The van der Waals surface area contributed by atoms with E-state index in [9.17, 15) is 9.59 Å². The number of ketones is 1.